The molecule has 0 saturated carbocycles. The van der Waals surface area contributed by atoms with E-state index in [0.29, 0.717) is 0 Å². The number of nitrogens with zero attached hydrogens (tertiary/aromatic N) is 2. The van der Waals surface area contributed by atoms with Crippen LogP contribution in [0.15, 0.2) is 0 Å². The van der Waals surface area contributed by atoms with Crippen LogP contribution in [-0.2, 0) is 4.79 Å². The van der Waals surface area contributed by atoms with Crippen molar-refractivity contribution < 1.29 is 4.79 Å². The number of amides is 1. The van der Waals surface area contributed by atoms with Crippen molar-refractivity contribution >= 4 is 5.91 Å². The first-order chi connectivity index (χ1) is 9.10. The van der Waals surface area contributed by atoms with E-state index in [2.05, 4.69) is 24.1 Å². The lowest BCUT2D eigenvalue weighted by atomic mass is 9.97. The molecule has 1 aliphatic rings. The van der Waals surface area contributed by atoms with E-state index in [1.165, 1.54) is 25.7 Å². The van der Waals surface area contributed by atoms with Gasteiger partial charge in [-0.15, -0.1) is 0 Å². The van der Waals surface area contributed by atoms with Crippen molar-refractivity contribution in [3.8, 4) is 0 Å². The molecule has 0 radical (unpaired) electrons. The van der Waals surface area contributed by atoms with E-state index in [1.54, 1.807) is 4.90 Å². The fourth-order valence-electron chi connectivity index (χ4n) is 2.76. The molecule has 1 amide bonds. The van der Waals surface area contributed by atoms with Gasteiger partial charge in [-0.2, -0.15) is 0 Å². The van der Waals surface area contributed by atoms with Crippen molar-refractivity contribution in [3.63, 3.8) is 0 Å². The van der Waals surface area contributed by atoms with Crippen LogP contribution >= 0.6 is 0 Å². The van der Waals surface area contributed by atoms with Gasteiger partial charge in [0.1, 0.15) is 6.04 Å². The minimum absolute atomic E-state index is 0.0272. The fourth-order valence-corrected chi connectivity index (χ4v) is 2.76. The molecule has 1 saturated heterocycles. The lowest BCUT2D eigenvalue weighted by Crippen LogP contribution is -2.58. The van der Waals surface area contributed by atoms with E-state index >= 15 is 0 Å². The lowest BCUT2D eigenvalue weighted by molar-refractivity contribution is -0.135. The summed E-state index contributed by atoms with van der Waals surface area (Å²) < 4.78 is 0. The highest BCUT2D eigenvalue weighted by Gasteiger charge is 2.30. The van der Waals surface area contributed by atoms with Crippen LogP contribution in [0.2, 0.25) is 0 Å². The van der Waals surface area contributed by atoms with Crippen LogP contribution < -0.4 is 5.32 Å². The third-order valence-corrected chi connectivity index (χ3v) is 4.12. The van der Waals surface area contributed by atoms with Crippen LogP contribution in [0, 0.1) is 5.92 Å². The summed E-state index contributed by atoms with van der Waals surface area (Å²) in [5, 5.41) is 3.35. The lowest BCUT2D eigenvalue weighted by Gasteiger charge is -2.38. The molecule has 1 fully saturated rings. The summed E-state index contributed by atoms with van der Waals surface area (Å²) in [5.74, 6) is 0.966. The molecule has 112 valence electrons. The number of piperazine rings is 1. The van der Waals surface area contributed by atoms with E-state index < -0.39 is 0 Å². The molecule has 0 spiro atoms. The van der Waals surface area contributed by atoms with E-state index in [1.807, 2.05) is 14.1 Å². The zero-order chi connectivity index (χ0) is 14.3. The molecule has 1 N–H and O–H groups in total. The molecule has 1 rings (SSSR count). The molecule has 0 aliphatic carbocycles. The van der Waals surface area contributed by atoms with Crippen molar-refractivity contribution in [2.45, 2.75) is 45.6 Å². The van der Waals surface area contributed by atoms with Crippen LogP contribution in [0.25, 0.3) is 0 Å². The topological polar surface area (TPSA) is 35.6 Å². The van der Waals surface area contributed by atoms with E-state index in [-0.39, 0.29) is 11.9 Å². The zero-order valence-corrected chi connectivity index (χ0v) is 13.1. The summed E-state index contributed by atoms with van der Waals surface area (Å²) in [6.45, 7) is 8.37. The van der Waals surface area contributed by atoms with Gasteiger partial charge in [0.25, 0.3) is 0 Å². The van der Waals surface area contributed by atoms with Gasteiger partial charge in [0.05, 0.1) is 0 Å². The molecule has 0 aromatic rings. The number of likely N-dealkylation sites (N-methyl/N-ethyl adjacent to an activating group) is 1. The highest BCUT2D eigenvalue weighted by molar-refractivity contribution is 5.81. The van der Waals surface area contributed by atoms with Crippen molar-refractivity contribution in [1.29, 1.82) is 0 Å². The molecule has 0 aromatic carbocycles. The maximum Gasteiger partial charge on any atom is 0.240 e. The van der Waals surface area contributed by atoms with Gasteiger partial charge in [0.2, 0.25) is 5.91 Å². The van der Waals surface area contributed by atoms with Crippen LogP contribution in [0.1, 0.15) is 39.5 Å². The van der Waals surface area contributed by atoms with Gasteiger partial charge >= 0.3 is 0 Å². The number of carbonyl (C=O) groups is 1. The smallest absolute Gasteiger partial charge is 0.240 e. The first-order valence-corrected chi connectivity index (χ1v) is 7.76. The number of hydrogen-bond acceptors (Lipinski definition) is 3. The van der Waals surface area contributed by atoms with Crippen LogP contribution in [-0.4, -0.2) is 62.0 Å². The normalized spacial score (nSPS) is 22.2. The predicted molar refractivity (Wildman–Crippen MR) is 80.2 cm³/mol. The number of unbranched alkanes of at least 4 members (excludes halogenated alkanes) is 1. The van der Waals surface area contributed by atoms with Gasteiger partial charge in [-0.25, -0.2) is 0 Å². The minimum Gasteiger partial charge on any atom is -0.347 e. The van der Waals surface area contributed by atoms with Gasteiger partial charge in [0, 0.05) is 40.3 Å². The quantitative estimate of drug-likeness (QED) is 0.762. The van der Waals surface area contributed by atoms with Crippen molar-refractivity contribution in [1.82, 2.24) is 15.1 Å². The Bertz CT molecular complexity index is 268. The standard InChI is InChI=1S/C15H31N3O/c1-5-7-8-13(6-2)12-18-10-9-16-11-14(18)15(19)17(3)4/h13-14,16H,5-12H2,1-4H3. The highest BCUT2D eigenvalue weighted by atomic mass is 16.2. The molecule has 19 heavy (non-hydrogen) atoms. The Labute approximate surface area is 118 Å². The molecular formula is C15H31N3O. The van der Waals surface area contributed by atoms with Crippen molar-refractivity contribution in [3.05, 3.63) is 0 Å². The number of hydrogen-bond donors (Lipinski definition) is 1. The predicted octanol–water partition coefficient (Wildman–Crippen LogP) is 1.56. The summed E-state index contributed by atoms with van der Waals surface area (Å²) >= 11 is 0. The summed E-state index contributed by atoms with van der Waals surface area (Å²) in [6.07, 6.45) is 5.07. The maximum atomic E-state index is 12.2. The second-order valence-electron chi connectivity index (χ2n) is 5.86. The Morgan fingerprint density at radius 1 is 1.42 bits per heavy atom. The molecule has 1 aliphatic heterocycles. The fraction of sp³-hybridized carbons (Fsp3) is 0.933. The van der Waals surface area contributed by atoms with E-state index in [9.17, 15) is 4.79 Å². The number of carbonyl (C=O) groups excluding carboxylic acids is 1. The summed E-state index contributed by atoms with van der Waals surface area (Å²) in [7, 11) is 3.70. The van der Waals surface area contributed by atoms with Gasteiger partial charge < -0.3 is 10.2 Å². The largest absolute Gasteiger partial charge is 0.347 e. The Hall–Kier alpha value is -0.610. The zero-order valence-electron chi connectivity index (χ0n) is 13.1. The Kier molecular flexibility index (Phi) is 7.39. The summed E-state index contributed by atoms with van der Waals surface area (Å²) in [4.78, 5) is 16.3. The van der Waals surface area contributed by atoms with E-state index in [4.69, 9.17) is 0 Å². The maximum absolute atomic E-state index is 12.2. The number of rotatable bonds is 7. The minimum atomic E-state index is 0.0272. The summed E-state index contributed by atoms with van der Waals surface area (Å²) in [6, 6.07) is 0.0272. The molecule has 4 nitrogen and oxygen atoms in total. The molecule has 4 heteroatoms. The first-order valence-electron chi connectivity index (χ1n) is 7.76. The monoisotopic (exact) mass is 269 g/mol. The Morgan fingerprint density at radius 3 is 2.74 bits per heavy atom. The van der Waals surface area contributed by atoms with Gasteiger partial charge in [-0.3, -0.25) is 9.69 Å². The second kappa shape index (κ2) is 8.54. The van der Waals surface area contributed by atoms with Crippen molar-refractivity contribution in [2.75, 3.05) is 40.3 Å². The molecule has 2 unspecified atom stereocenters. The van der Waals surface area contributed by atoms with Crippen LogP contribution in [0.5, 0.6) is 0 Å². The molecule has 1 heterocycles. The third kappa shape index (κ3) is 5.11. The van der Waals surface area contributed by atoms with Gasteiger partial charge in [-0.1, -0.05) is 33.1 Å². The Balaban J connectivity index is 2.58. The first kappa shape index (κ1) is 16.4. The average Bonchev–Trinajstić information content (AvgIpc) is 2.43. The van der Waals surface area contributed by atoms with E-state index in [0.717, 1.165) is 32.1 Å². The molecule has 2 atom stereocenters. The molecular weight excluding hydrogens is 238 g/mol. The van der Waals surface area contributed by atoms with Gasteiger partial charge in [-0.05, 0) is 12.3 Å². The SMILES string of the molecule is CCCCC(CC)CN1CCNCC1C(=O)N(C)C. The van der Waals surface area contributed by atoms with Gasteiger partial charge in [0.15, 0.2) is 0 Å². The average molecular weight is 269 g/mol. The second-order valence-corrected chi connectivity index (χ2v) is 5.86. The molecule has 0 aromatic heterocycles. The van der Waals surface area contributed by atoms with Crippen molar-refractivity contribution in [2.24, 2.45) is 5.92 Å². The van der Waals surface area contributed by atoms with Crippen LogP contribution in [0.4, 0.5) is 0 Å². The number of nitrogens with one attached hydrogen (secondary N) is 1. The van der Waals surface area contributed by atoms with Crippen LogP contribution in [0.3, 0.4) is 0 Å². The molecule has 0 bridgehead atoms. The highest BCUT2D eigenvalue weighted by Crippen LogP contribution is 2.17. The Morgan fingerprint density at radius 2 is 2.16 bits per heavy atom. The third-order valence-electron chi connectivity index (χ3n) is 4.12. The summed E-state index contributed by atoms with van der Waals surface area (Å²) in [5.41, 5.74) is 0.